The standard InChI is InChI=1S/C11H22N2O3/c1-9(2)8-13(10(14)7-12-3)6-5-11(15)16-4/h9,12H,5-8H2,1-4H3. The number of esters is 1. The largest absolute Gasteiger partial charge is 0.469 e. The van der Waals surface area contributed by atoms with Gasteiger partial charge in [0.25, 0.3) is 0 Å². The lowest BCUT2D eigenvalue weighted by Crippen LogP contribution is -2.40. The number of nitrogens with one attached hydrogen (secondary N) is 1. The molecule has 0 saturated heterocycles. The maximum absolute atomic E-state index is 11.7. The highest BCUT2D eigenvalue weighted by molar-refractivity contribution is 5.79. The molecule has 0 rings (SSSR count). The predicted molar refractivity (Wildman–Crippen MR) is 62.0 cm³/mol. The molecule has 0 aromatic carbocycles. The summed E-state index contributed by atoms with van der Waals surface area (Å²) in [4.78, 5) is 24.4. The zero-order valence-electron chi connectivity index (χ0n) is 10.6. The number of carbonyl (C=O) groups is 2. The second-order valence-electron chi connectivity index (χ2n) is 4.09. The molecule has 5 heteroatoms. The van der Waals surface area contributed by atoms with Crippen molar-refractivity contribution in [1.82, 2.24) is 10.2 Å². The second-order valence-corrected chi connectivity index (χ2v) is 4.09. The van der Waals surface area contributed by atoms with Gasteiger partial charge >= 0.3 is 5.97 Å². The molecule has 0 heterocycles. The van der Waals surface area contributed by atoms with Crippen LogP contribution < -0.4 is 5.32 Å². The Kier molecular flexibility index (Phi) is 7.54. The topological polar surface area (TPSA) is 58.6 Å². The van der Waals surface area contributed by atoms with E-state index in [9.17, 15) is 9.59 Å². The first-order valence-electron chi connectivity index (χ1n) is 5.50. The Hall–Kier alpha value is -1.10. The molecule has 0 aromatic rings. The molecule has 0 aliphatic heterocycles. The first kappa shape index (κ1) is 14.9. The minimum Gasteiger partial charge on any atom is -0.469 e. The van der Waals surface area contributed by atoms with Crippen molar-refractivity contribution in [2.45, 2.75) is 20.3 Å². The zero-order chi connectivity index (χ0) is 12.6. The van der Waals surface area contributed by atoms with Gasteiger partial charge in [-0.3, -0.25) is 9.59 Å². The number of hydrogen-bond acceptors (Lipinski definition) is 4. The summed E-state index contributed by atoms with van der Waals surface area (Å²) < 4.78 is 4.55. The van der Waals surface area contributed by atoms with Gasteiger partial charge in [0.2, 0.25) is 5.91 Å². The average molecular weight is 230 g/mol. The van der Waals surface area contributed by atoms with E-state index in [1.165, 1.54) is 7.11 Å². The molecule has 16 heavy (non-hydrogen) atoms. The maximum Gasteiger partial charge on any atom is 0.307 e. The summed E-state index contributed by atoms with van der Waals surface area (Å²) in [6.07, 6.45) is 0.249. The number of nitrogens with zero attached hydrogens (tertiary/aromatic N) is 1. The third-order valence-corrected chi connectivity index (χ3v) is 2.08. The molecule has 1 N–H and O–H groups in total. The molecule has 0 spiro atoms. The molecular weight excluding hydrogens is 208 g/mol. The Bertz CT molecular complexity index is 229. The molecular formula is C11H22N2O3. The number of rotatable bonds is 7. The maximum atomic E-state index is 11.7. The van der Waals surface area contributed by atoms with Crippen LogP contribution >= 0.6 is 0 Å². The number of amides is 1. The molecule has 5 nitrogen and oxygen atoms in total. The fourth-order valence-corrected chi connectivity index (χ4v) is 1.35. The minimum absolute atomic E-state index is 0.0140. The summed E-state index contributed by atoms with van der Waals surface area (Å²) in [7, 11) is 3.08. The van der Waals surface area contributed by atoms with Crippen LogP contribution in [-0.4, -0.2) is 50.6 Å². The lowest BCUT2D eigenvalue weighted by atomic mass is 10.2. The van der Waals surface area contributed by atoms with E-state index in [4.69, 9.17) is 0 Å². The monoisotopic (exact) mass is 230 g/mol. The van der Waals surface area contributed by atoms with Crippen molar-refractivity contribution < 1.29 is 14.3 Å². The molecule has 0 aliphatic carbocycles. The molecule has 0 fully saturated rings. The average Bonchev–Trinajstić information content (AvgIpc) is 2.23. The van der Waals surface area contributed by atoms with Gasteiger partial charge in [-0.2, -0.15) is 0 Å². The van der Waals surface area contributed by atoms with Crippen LogP contribution in [0.4, 0.5) is 0 Å². The Morgan fingerprint density at radius 3 is 2.44 bits per heavy atom. The van der Waals surface area contributed by atoms with Crippen molar-refractivity contribution in [1.29, 1.82) is 0 Å². The second kappa shape index (κ2) is 8.10. The van der Waals surface area contributed by atoms with Crippen molar-refractivity contribution >= 4 is 11.9 Å². The van der Waals surface area contributed by atoms with Gasteiger partial charge in [0, 0.05) is 13.1 Å². The number of methoxy groups -OCH3 is 1. The van der Waals surface area contributed by atoms with Crippen molar-refractivity contribution in [3.05, 3.63) is 0 Å². The summed E-state index contributed by atoms with van der Waals surface area (Å²) in [6.45, 7) is 5.46. The van der Waals surface area contributed by atoms with E-state index >= 15 is 0 Å². The van der Waals surface area contributed by atoms with Crippen molar-refractivity contribution in [3.63, 3.8) is 0 Å². The van der Waals surface area contributed by atoms with Crippen LogP contribution in [0.5, 0.6) is 0 Å². The van der Waals surface area contributed by atoms with Gasteiger partial charge in [-0.05, 0) is 13.0 Å². The lowest BCUT2D eigenvalue weighted by molar-refractivity contribution is -0.141. The van der Waals surface area contributed by atoms with Gasteiger partial charge in [0.15, 0.2) is 0 Å². The first-order valence-corrected chi connectivity index (χ1v) is 5.50. The molecule has 0 aliphatic rings. The molecule has 0 bridgehead atoms. The van der Waals surface area contributed by atoms with E-state index < -0.39 is 0 Å². The molecule has 0 saturated carbocycles. The van der Waals surface area contributed by atoms with Crippen LogP contribution in [0, 0.1) is 5.92 Å². The van der Waals surface area contributed by atoms with Crippen molar-refractivity contribution in [2.24, 2.45) is 5.92 Å². The summed E-state index contributed by atoms with van der Waals surface area (Å²) in [5, 5.41) is 2.82. The Balaban J connectivity index is 4.19. The van der Waals surface area contributed by atoms with Crippen LogP contribution in [0.25, 0.3) is 0 Å². The van der Waals surface area contributed by atoms with Gasteiger partial charge in [0.1, 0.15) is 0 Å². The molecule has 0 atom stereocenters. The van der Waals surface area contributed by atoms with Crippen LogP contribution in [0.3, 0.4) is 0 Å². The fourth-order valence-electron chi connectivity index (χ4n) is 1.35. The van der Waals surface area contributed by atoms with E-state index in [0.717, 1.165) is 0 Å². The van der Waals surface area contributed by atoms with E-state index in [2.05, 4.69) is 10.1 Å². The van der Waals surface area contributed by atoms with Crippen LogP contribution in [-0.2, 0) is 14.3 Å². The van der Waals surface area contributed by atoms with E-state index in [1.807, 2.05) is 13.8 Å². The van der Waals surface area contributed by atoms with Crippen molar-refractivity contribution in [3.8, 4) is 0 Å². The molecule has 0 unspecified atom stereocenters. The Morgan fingerprint density at radius 2 is 2.00 bits per heavy atom. The molecule has 0 radical (unpaired) electrons. The van der Waals surface area contributed by atoms with E-state index in [0.29, 0.717) is 25.6 Å². The molecule has 94 valence electrons. The van der Waals surface area contributed by atoms with Crippen LogP contribution in [0.15, 0.2) is 0 Å². The fraction of sp³-hybridized carbons (Fsp3) is 0.818. The third kappa shape index (κ3) is 6.40. The molecule has 0 aromatic heterocycles. The smallest absolute Gasteiger partial charge is 0.307 e. The highest BCUT2D eigenvalue weighted by atomic mass is 16.5. The number of hydrogen-bond donors (Lipinski definition) is 1. The summed E-state index contributed by atoms with van der Waals surface area (Å²) in [5.74, 6) is 0.115. The van der Waals surface area contributed by atoms with Gasteiger partial charge < -0.3 is 15.0 Å². The van der Waals surface area contributed by atoms with E-state index in [-0.39, 0.29) is 18.3 Å². The highest BCUT2D eigenvalue weighted by Gasteiger charge is 2.15. The van der Waals surface area contributed by atoms with Crippen LogP contribution in [0.2, 0.25) is 0 Å². The minimum atomic E-state index is -0.286. The van der Waals surface area contributed by atoms with Gasteiger partial charge in [-0.1, -0.05) is 13.8 Å². The quantitative estimate of drug-likeness (QED) is 0.637. The Labute approximate surface area is 97.1 Å². The van der Waals surface area contributed by atoms with Crippen LogP contribution in [0.1, 0.15) is 20.3 Å². The third-order valence-electron chi connectivity index (χ3n) is 2.08. The summed E-state index contributed by atoms with van der Waals surface area (Å²) >= 11 is 0. The zero-order valence-corrected chi connectivity index (χ0v) is 10.6. The summed E-state index contributed by atoms with van der Waals surface area (Å²) in [6, 6.07) is 0. The predicted octanol–water partition coefficient (Wildman–Crippen LogP) is 0.254. The lowest BCUT2D eigenvalue weighted by Gasteiger charge is -2.24. The normalized spacial score (nSPS) is 10.3. The van der Waals surface area contributed by atoms with Gasteiger partial charge in [0.05, 0.1) is 20.1 Å². The first-order chi connectivity index (χ1) is 7.51. The molecule has 1 amide bonds. The number of ether oxygens (including phenoxy) is 1. The van der Waals surface area contributed by atoms with Crippen molar-refractivity contribution in [2.75, 3.05) is 33.8 Å². The number of likely N-dealkylation sites (N-methyl/N-ethyl adjacent to an activating group) is 1. The Morgan fingerprint density at radius 1 is 1.38 bits per heavy atom. The van der Waals surface area contributed by atoms with Gasteiger partial charge in [-0.25, -0.2) is 0 Å². The highest BCUT2D eigenvalue weighted by Crippen LogP contribution is 2.01. The SMILES string of the molecule is CNCC(=O)N(CCC(=O)OC)CC(C)C. The van der Waals surface area contributed by atoms with E-state index in [1.54, 1.807) is 11.9 Å². The van der Waals surface area contributed by atoms with Gasteiger partial charge in [-0.15, -0.1) is 0 Å². The number of carbonyl (C=O) groups excluding carboxylic acids is 2. The summed E-state index contributed by atoms with van der Waals surface area (Å²) in [5.41, 5.74) is 0.